The molecule has 0 atom stereocenters. The molecule has 27 heavy (non-hydrogen) atoms. The second kappa shape index (κ2) is 7.05. The second-order valence-corrected chi connectivity index (χ2v) is 6.55. The van der Waals surface area contributed by atoms with Crippen LogP contribution in [0.3, 0.4) is 0 Å². The summed E-state index contributed by atoms with van der Waals surface area (Å²) in [6.07, 6.45) is 5.11. The molecule has 3 aromatic heterocycles. The van der Waals surface area contributed by atoms with Gasteiger partial charge in [-0.1, -0.05) is 6.07 Å². The number of carboxylic acids is 1. The lowest BCUT2D eigenvalue weighted by molar-refractivity contribution is 0.0699. The van der Waals surface area contributed by atoms with Crippen molar-refractivity contribution in [3.8, 4) is 10.7 Å². The Labute approximate surface area is 157 Å². The molecule has 3 heterocycles. The molecule has 0 aliphatic heterocycles. The minimum Gasteiger partial charge on any atom is -0.478 e. The van der Waals surface area contributed by atoms with Crippen LogP contribution in [-0.4, -0.2) is 26.0 Å². The SMILES string of the molecule is O=C(O)c1cc(/C=C\c2csc(-c3ccccn3)n2)nc2cc(F)ccc12. The number of nitrogens with zero attached hydrogens (tertiary/aromatic N) is 3. The first kappa shape index (κ1) is 17.0. The van der Waals surface area contributed by atoms with Gasteiger partial charge >= 0.3 is 5.97 Å². The van der Waals surface area contributed by atoms with Crippen LogP contribution in [0.5, 0.6) is 0 Å². The van der Waals surface area contributed by atoms with Gasteiger partial charge in [0.25, 0.3) is 0 Å². The van der Waals surface area contributed by atoms with Crippen molar-refractivity contribution in [2.24, 2.45) is 0 Å². The highest BCUT2D eigenvalue weighted by molar-refractivity contribution is 7.13. The van der Waals surface area contributed by atoms with Gasteiger partial charge in [0.05, 0.1) is 28.2 Å². The van der Waals surface area contributed by atoms with Gasteiger partial charge in [-0.05, 0) is 42.5 Å². The van der Waals surface area contributed by atoms with E-state index in [1.54, 1.807) is 18.3 Å². The Bertz CT molecular complexity index is 1170. The Balaban J connectivity index is 1.69. The molecule has 1 N–H and O–H groups in total. The largest absolute Gasteiger partial charge is 0.478 e. The highest BCUT2D eigenvalue weighted by Gasteiger charge is 2.12. The van der Waals surface area contributed by atoms with Crippen molar-refractivity contribution in [2.45, 2.75) is 0 Å². The average molecular weight is 377 g/mol. The van der Waals surface area contributed by atoms with Crippen LogP contribution in [0.4, 0.5) is 4.39 Å². The number of aromatic nitrogens is 3. The van der Waals surface area contributed by atoms with Crippen LogP contribution in [0.1, 0.15) is 21.7 Å². The molecule has 0 unspecified atom stereocenters. The lowest BCUT2D eigenvalue weighted by Crippen LogP contribution is -2.00. The molecular formula is C20H12FN3O2S. The minimum atomic E-state index is -1.09. The highest BCUT2D eigenvalue weighted by Crippen LogP contribution is 2.24. The predicted molar refractivity (Wildman–Crippen MR) is 103 cm³/mol. The van der Waals surface area contributed by atoms with Crippen molar-refractivity contribution in [1.29, 1.82) is 0 Å². The van der Waals surface area contributed by atoms with Gasteiger partial charge in [0.2, 0.25) is 0 Å². The number of hydrogen-bond acceptors (Lipinski definition) is 5. The third-order valence-corrected chi connectivity index (χ3v) is 4.74. The predicted octanol–water partition coefficient (Wildman–Crippen LogP) is 4.76. The molecule has 7 heteroatoms. The highest BCUT2D eigenvalue weighted by atomic mass is 32.1. The van der Waals surface area contributed by atoms with Crippen molar-refractivity contribution >= 4 is 40.4 Å². The zero-order valence-corrected chi connectivity index (χ0v) is 14.7. The molecule has 0 saturated heterocycles. The van der Waals surface area contributed by atoms with Crippen molar-refractivity contribution in [3.05, 3.63) is 76.8 Å². The van der Waals surface area contributed by atoms with Crippen LogP contribution in [0, 0.1) is 5.82 Å². The molecule has 4 rings (SSSR count). The van der Waals surface area contributed by atoms with Gasteiger partial charge in [-0.25, -0.2) is 19.2 Å². The van der Waals surface area contributed by atoms with Crippen molar-refractivity contribution in [3.63, 3.8) is 0 Å². The normalized spacial score (nSPS) is 11.3. The number of rotatable bonds is 4. The minimum absolute atomic E-state index is 0.0760. The van der Waals surface area contributed by atoms with E-state index in [0.717, 1.165) is 10.7 Å². The summed E-state index contributed by atoms with van der Waals surface area (Å²) in [4.78, 5) is 24.6. The van der Waals surface area contributed by atoms with Crippen LogP contribution in [0.25, 0.3) is 33.8 Å². The number of pyridine rings is 2. The molecule has 0 aliphatic carbocycles. The van der Waals surface area contributed by atoms with Gasteiger partial charge < -0.3 is 5.11 Å². The molecule has 0 fully saturated rings. The van der Waals surface area contributed by atoms with Crippen LogP contribution in [0.15, 0.2) is 54.0 Å². The van der Waals surface area contributed by atoms with E-state index >= 15 is 0 Å². The molecule has 0 amide bonds. The fourth-order valence-corrected chi connectivity index (χ4v) is 3.39. The Morgan fingerprint density at radius 2 is 1.93 bits per heavy atom. The molecule has 1 aromatic carbocycles. The van der Waals surface area contributed by atoms with Gasteiger partial charge in [-0.3, -0.25) is 4.98 Å². The topological polar surface area (TPSA) is 76.0 Å². The van der Waals surface area contributed by atoms with Gasteiger partial charge in [0, 0.05) is 23.0 Å². The standard InChI is InChI=1S/C20H12FN3O2S/c21-12-4-7-15-16(20(25)26)10-13(23-18(15)9-12)5-6-14-11-27-19(24-14)17-3-1-2-8-22-17/h1-11H,(H,25,26)/b6-5-. The van der Waals surface area contributed by atoms with Gasteiger partial charge in [0.1, 0.15) is 10.8 Å². The van der Waals surface area contributed by atoms with Crippen LogP contribution in [-0.2, 0) is 0 Å². The number of benzene rings is 1. The monoisotopic (exact) mass is 377 g/mol. The summed E-state index contributed by atoms with van der Waals surface area (Å²) < 4.78 is 13.5. The zero-order valence-electron chi connectivity index (χ0n) is 13.8. The van der Waals surface area contributed by atoms with E-state index in [9.17, 15) is 14.3 Å². The van der Waals surface area contributed by atoms with E-state index in [-0.39, 0.29) is 5.56 Å². The number of carbonyl (C=O) groups is 1. The number of hydrogen-bond donors (Lipinski definition) is 1. The van der Waals surface area contributed by atoms with Crippen molar-refractivity contribution < 1.29 is 14.3 Å². The third-order valence-electron chi connectivity index (χ3n) is 3.85. The quantitative estimate of drug-likeness (QED) is 0.555. The fraction of sp³-hybridized carbons (Fsp3) is 0. The molecule has 0 saturated carbocycles. The third kappa shape index (κ3) is 3.58. The molecule has 4 aromatic rings. The number of fused-ring (bicyclic) bond motifs is 1. The molecule has 0 spiro atoms. The summed E-state index contributed by atoms with van der Waals surface area (Å²) in [5.41, 5.74) is 2.28. The summed E-state index contributed by atoms with van der Waals surface area (Å²) in [5, 5.41) is 12.5. The van der Waals surface area contributed by atoms with Gasteiger partial charge in [-0.2, -0.15) is 0 Å². The summed E-state index contributed by atoms with van der Waals surface area (Å²) in [7, 11) is 0. The number of carboxylic acid groups (broad SMARTS) is 1. The fourth-order valence-electron chi connectivity index (χ4n) is 2.62. The Morgan fingerprint density at radius 1 is 1.07 bits per heavy atom. The molecule has 0 bridgehead atoms. The Kier molecular flexibility index (Phi) is 4.43. The maximum absolute atomic E-state index is 13.5. The second-order valence-electron chi connectivity index (χ2n) is 5.69. The van der Waals surface area contributed by atoms with Crippen LogP contribution < -0.4 is 0 Å². The molecule has 132 valence electrons. The summed E-state index contributed by atoms with van der Waals surface area (Å²) in [6.45, 7) is 0. The van der Waals surface area contributed by atoms with Crippen molar-refractivity contribution in [2.75, 3.05) is 0 Å². The first-order chi connectivity index (χ1) is 13.1. The lowest BCUT2D eigenvalue weighted by Gasteiger charge is -2.04. The number of halogens is 1. The Hall–Kier alpha value is -3.45. The van der Waals surface area contributed by atoms with E-state index in [4.69, 9.17) is 0 Å². The Morgan fingerprint density at radius 3 is 2.70 bits per heavy atom. The maximum Gasteiger partial charge on any atom is 0.336 e. The van der Waals surface area contributed by atoms with Gasteiger partial charge in [0.15, 0.2) is 0 Å². The van der Waals surface area contributed by atoms with E-state index in [0.29, 0.717) is 22.3 Å². The van der Waals surface area contributed by atoms with Crippen LogP contribution >= 0.6 is 11.3 Å². The maximum atomic E-state index is 13.5. The lowest BCUT2D eigenvalue weighted by atomic mass is 10.1. The first-order valence-electron chi connectivity index (χ1n) is 7.99. The summed E-state index contributed by atoms with van der Waals surface area (Å²) in [5.74, 6) is -1.55. The van der Waals surface area contributed by atoms with E-state index in [1.807, 2.05) is 23.6 Å². The smallest absolute Gasteiger partial charge is 0.336 e. The molecule has 5 nitrogen and oxygen atoms in total. The summed E-state index contributed by atoms with van der Waals surface area (Å²) in [6, 6.07) is 10.9. The van der Waals surface area contributed by atoms with Gasteiger partial charge in [-0.15, -0.1) is 11.3 Å². The zero-order chi connectivity index (χ0) is 18.8. The molecule has 0 radical (unpaired) electrons. The molecule has 0 aliphatic rings. The summed E-state index contributed by atoms with van der Waals surface area (Å²) >= 11 is 1.46. The number of thiazole rings is 1. The first-order valence-corrected chi connectivity index (χ1v) is 8.87. The molecular weight excluding hydrogens is 365 g/mol. The average Bonchev–Trinajstić information content (AvgIpc) is 3.15. The van der Waals surface area contributed by atoms with E-state index < -0.39 is 11.8 Å². The van der Waals surface area contributed by atoms with E-state index in [1.165, 1.54) is 35.6 Å². The van der Waals surface area contributed by atoms with E-state index in [2.05, 4.69) is 15.0 Å². The van der Waals surface area contributed by atoms with Crippen LogP contribution in [0.2, 0.25) is 0 Å². The van der Waals surface area contributed by atoms with Crippen molar-refractivity contribution in [1.82, 2.24) is 15.0 Å². The number of aromatic carboxylic acids is 1.